The first-order valence-electron chi connectivity index (χ1n) is 14.8. The van der Waals surface area contributed by atoms with E-state index in [1.165, 1.54) is 12.8 Å². The van der Waals surface area contributed by atoms with Crippen molar-refractivity contribution in [2.45, 2.75) is 77.0 Å². The summed E-state index contributed by atoms with van der Waals surface area (Å²) in [5, 5.41) is 11.7. The predicted octanol–water partition coefficient (Wildman–Crippen LogP) is 4.28. The van der Waals surface area contributed by atoms with Crippen LogP contribution in [0, 0.1) is 17.3 Å². The average molecular weight is 531 g/mol. The molecule has 2 heterocycles. The molecule has 3 aliphatic carbocycles. The third kappa shape index (κ3) is 5.63. The molecule has 208 valence electrons. The molecule has 5 atom stereocenters. The molecule has 0 spiro atoms. The highest BCUT2D eigenvalue weighted by molar-refractivity contribution is 5.95. The number of fused-ring (bicyclic) bond motifs is 2. The number of benzene rings is 2. The summed E-state index contributed by atoms with van der Waals surface area (Å²) in [6.45, 7) is 7.55. The normalized spacial score (nSPS) is 29.5. The van der Waals surface area contributed by atoms with Crippen molar-refractivity contribution in [2.24, 2.45) is 17.3 Å². The van der Waals surface area contributed by atoms with E-state index in [0.717, 1.165) is 54.3 Å². The first-order chi connectivity index (χ1) is 18.9. The zero-order valence-corrected chi connectivity index (χ0v) is 23.2. The van der Waals surface area contributed by atoms with Crippen LogP contribution in [0.4, 0.5) is 0 Å². The minimum Gasteiger partial charge on any atom is -0.352 e. The number of rotatable bonds is 8. The van der Waals surface area contributed by atoms with E-state index >= 15 is 0 Å². The molecule has 1 unspecified atom stereocenters. The van der Waals surface area contributed by atoms with Gasteiger partial charge in [-0.3, -0.25) is 14.4 Å². The zero-order valence-electron chi connectivity index (χ0n) is 23.2. The van der Waals surface area contributed by atoms with Gasteiger partial charge in [0.1, 0.15) is 6.04 Å². The SMILES string of the molecule is CC1(C)[C@@H]2CC(NC(=O)[C@@H]3CCON3Cc3cccc(-c4cccc(C(=O)NC[C@@H]5CCCN5)c4)c3)C[C@H]1C2. The Morgan fingerprint density at radius 1 is 1.03 bits per heavy atom. The Kier molecular flexibility index (Phi) is 7.49. The summed E-state index contributed by atoms with van der Waals surface area (Å²) in [4.78, 5) is 31.9. The average Bonchev–Trinajstić information content (AvgIpc) is 3.64. The second-order valence-corrected chi connectivity index (χ2v) is 12.6. The van der Waals surface area contributed by atoms with Crippen LogP contribution in [0.3, 0.4) is 0 Å². The van der Waals surface area contributed by atoms with Crippen LogP contribution in [0.5, 0.6) is 0 Å². The topological polar surface area (TPSA) is 82.7 Å². The predicted molar refractivity (Wildman–Crippen MR) is 152 cm³/mol. The highest BCUT2D eigenvalue weighted by atomic mass is 16.7. The third-order valence-electron chi connectivity index (χ3n) is 9.85. The molecule has 2 aromatic rings. The van der Waals surface area contributed by atoms with E-state index in [-0.39, 0.29) is 17.9 Å². The molecule has 39 heavy (non-hydrogen) atoms. The monoisotopic (exact) mass is 530 g/mol. The van der Waals surface area contributed by atoms with Crippen LogP contribution in [-0.2, 0) is 16.2 Å². The van der Waals surface area contributed by atoms with Crippen LogP contribution in [0.2, 0.25) is 0 Å². The van der Waals surface area contributed by atoms with Gasteiger partial charge in [-0.1, -0.05) is 44.2 Å². The van der Waals surface area contributed by atoms with Crippen molar-refractivity contribution in [2.75, 3.05) is 19.7 Å². The standard InChI is InChI=1S/C32H42N4O3/c1-32(2)25-16-26(32)18-28(17-25)35-31(38)29-11-13-39-36(29)20-21-6-3-7-22(14-21)23-8-4-9-24(15-23)30(37)34-19-27-10-5-12-33-27/h3-4,6-9,14-15,25-29,33H,5,10-13,16-20H2,1-2H3,(H,34,37)(H,35,38)/t25-,26+,27-,28?,29-/m0/s1. The lowest BCUT2D eigenvalue weighted by molar-refractivity contribution is -0.159. The number of amides is 2. The maximum absolute atomic E-state index is 13.2. The molecule has 2 aliphatic heterocycles. The molecule has 2 aromatic carbocycles. The van der Waals surface area contributed by atoms with Crippen LogP contribution in [-0.4, -0.2) is 54.7 Å². The van der Waals surface area contributed by atoms with Crippen LogP contribution >= 0.6 is 0 Å². The lowest BCUT2D eigenvalue weighted by atomic mass is 9.48. The quantitative estimate of drug-likeness (QED) is 0.475. The molecule has 7 nitrogen and oxygen atoms in total. The summed E-state index contributed by atoms with van der Waals surface area (Å²) < 4.78 is 0. The van der Waals surface area contributed by atoms with Gasteiger partial charge < -0.3 is 16.0 Å². The highest BCUT2D eigenvalue weighted by Gasteiger charge is 2.53. The Bertz CT molecular complexity index is 1190. The zero-order chi connectivity index (χ0) is 27.0. The molecular formula is C32H42N4O3. The number of hydrogen-bond acceptors (Lipinski definition) is 5. The van der Waals surface area contributed by atoms with Gasteiger partial charge in [-0.25, -0.2) is 0 Å². The van der Waals surface area contributed by atoms with Crippen molar-refractivity contribution >= 4 is 11.8 Å². The Labute approximate surface area is 232 Å². The van der Waals surface area contributed by atoms with Crippen LogP contribution in [0.1, 0.15) is 68.3 Å². The molecule has 2 amide bonds. The fourth-order valence-corrected chi connectivity index (χ4v) is 7.17. The number of nitrogens with one attached hydrogen (secondary N) is 3. The molecule has 3 N–H and O–H groups in total. The highest BCUT2D eigenvalue weighted by Crippen LogP contribution is 2.59. The van der Waals surface area contributed by atoms with Gasteiger partial charge in [-0.05, 0) is 97.2 Å². The third-order valence-corrected chi connectivity index (χ3v) is 9.85. The lowest BCUT2D eigenvalue weighted by Crippen LogP contribution is -2.57. The summed E-state index contributed by atoms with van der Waals surface area (Å²) >= 11 is 0. The molecule has 0 aromatic heterocycles. The summed E-state index contributed by atoms with van der Waals surface area (Å²) in [7, 11) is 0. The van der Waals surface area contributed by atoms with E-state index in [9.17, 15) is 9.59 Å². The summed E-state index contributed by atoms with van der Waals surface area (Å²) in [6, 6.07) is 16.5. The molecule has 2 saturated heterocycles. The van der Waals surface area contributed by atoms with Gasteiger partial charge in [0, 0.05) is 24.2 Å². The Morgan fingerprint density at radius 3 is 2.54 bits per heavy atom. The second kappa shape index (κ2) is 11.0. The van der Waals surface area contributed by atoms with Crippen molar-refractivity contribution in [3.05, 3.63) is 59.7 Å². The van der Waals surface area contributed by atoms with Crippen LogP contribution < -0.4 is 16.0 Å². The molecule has 3 saturated carbocycles. The molecular weight excluding hydrogens is 488 g/mol. The van der Waals surface area contributed by atoms with E-state index < -0.39 is 0 Å². The van der Waals surface area contributed by atoms with Gasteiger partial charge in [0.25, 0.3) is 5.91 Å². The van der Waals surface area contributed by atoms with Crippen molar-refractivity contribution in [1.29, 1.82) is 0 Å². The van der Waals surface area contributed by atoms with Crippen molar-refractivity contribution in [3.8, 4) is 11.1 Å². The Balaban J connectivity index is 1.07. The fourth-order valence-electron chi connectivity index (χ4n) is 7.17. The molecule has 2 bridgehead atoms. The first-order valence-corrected chi connectivity index (χ1v) is 14.8. The van der Waals surface area contributed by atoms with Crippen molar-refractivity contribution in [1.82, 2.24) is 21.0 Å². The lowest BCUT2D eigenvalue weighted by Gasteiger charge is -2.59. The summed E-state index contributed by atoms with van der Waals surface area (Å²) in [6.07, 6.45) is 6.50. The molecule has 0 radical (unpaired) electrons. The number of nitrogens with zero attached hydrogens (tertiary/aromatic N) is 1. The molecule has 7 rings (SSSR count). The number of hydroxylamine groups is 2. The van der Waals surface area contributed by atoms with E-state index in [1.807, 2.05) is 35.4 Å². The fraction of sp³-hybridized carbons (Fsp3) is 0.562. The largest absolute Gasteiger partial charge is 0.352 e. The maximum Gasteiger partial charge on any atom is 0.251 e. The van der Waals surface area contributed by atoms with E-state index in [4.69, 9.17) is 4.84 Å². The van der Waals surface area contributed by atoms with Crippen LogP contribution in [0.15, 0.2) is 48.5 Å². The molecule has 5 fully saturated rings. The van der Waals surface area contributed by atoms with Gasteiger partial charge in [-0.15, -0.1) is 0 Å². The van der Waals surface area contributed by atoms with Gasteiger partial charge in [0.2, 0.25) is 5.91 Å². The Hall–Kier alpha value is -2.74. The maximum atomic E-state index is 13.2. The van der Waals surface area contributed by atoms with Gasteiger partial charge in [0.15, 0.2) is 0 Å². The van der Waals surface area contributed by atoms with E-state index in [2.05, 4.69) is 48.0 Å². The second-order valence-electron chi connectivity index (χ2n) is 12.6. The molecule has 7 heteroatoms. The number of carbonyl (C=O) groups excluding carboxylic acids is 2. The van der Waals surface area contributed by atoms with E-state index in [1.54, 1.807) is 0 Å². The minimum atomic E-state index is -0.263. The first kappa shape index (κ1) is 26.5. The smallest absolute Gasteiger partial charge is 0.251 e. The van der Waals surface area contributed by atoms with E-state index in [0.29, 0.717) is 49.2 Å². The van der Waals surface area contributed by atoms with Crippen molar-refractivity contribution < 1.29 is 14.4 Å². The van der Waals surface area contributed by atoms with Crippen molar-refractivity contribution in [3.63, 3.8) is 0 Å². The Morgan fingerprint density at radius 2 is 1.79 bits per heavy atom. The molecule has 5 aliphatic rings. The van der Waals surface area contributed by atoms with Gasteiger partial charge >= 0.3 is 0 Å². The van der Waals surface area contributed by atoms with Gasteiger partial charge in [0.05, 0.1) is 13.2 Å². The summed E-state index contributed by atoms with van der Waals surface area (Å²) in [5.41, 5.74) is 4.22. The number of carbonyl (C=O) groups is 2. The summed E-state index contributed by atoms with van der Waals surface area (Å²) in [5.74, 6) is 1.52. The number of hydrogen-bond donors (Lipinski definition) is 3. The van der Waals surface area contributed by atoms with Gasteiger partial charge in [-0.2, -0.15) is 5.06 Å². The minimum absolute atomic E-state index is 0.0418. The van der Waals surface area contributed by atoms with Crippen LogP contribution in [0.25, 0.3) is 11.1 Å².